The van der Waals surface area contributed by atoms with Crippen LogP contribution in [0.2, 0.25) is 0 Å². The van der Waals surface area contributed by atoms with Crippen molar-refractivity contribution < 1.29 is 14.3 Å². The maximum atomic E-state index is 11.1. The van der Waals surface area contributed by atoms with Gasteiger partial charge in [-0.15, -0.1) is 11.3 Å². The number of thiazole rings is 1. The number of carbonyl (C=O) groups excluding carboxylic acids is 1. The molecule has 1 saturated heterocycles. The first-order valence-corrected chi connectivity index (χ1v) is 9.41. The van der Waals surface area contributed by atoms with Gasteiger partial charge in [-0.1, -0.05) is 0 Å². The molecule has 1 aliphatic rings. The lowest BCUT2D eigenvalue weighted by Gasteiger charge is -2.32. The molecule has 1 unspecified atom stereocenters. The second-order valence-electron chi connectivity index (χ2n) is 6.35. The van der Waals surface area contributed by atoms with Crippen molar-refractivity contribution in [3.63, 3.8) is 0 Å². The fourth-order valence-electron chi connectivity index (χ4n) is 3.08. The van der Waals surface area contributed by atoms with Gasteiger partial charge in [0, 0.05) is 55.8 Å². The standard InChI is InChI=1S/C18H24N4O3S/c1-12-14(4-5-19-17(12)24-3)8-15-10-22(6-7-25-15)11-16-9-20-18(26-16)21-13(2)23/h4-5,9,15H,6-8,10-11H2,1-3H3,(H,20,21,23). The van der Waals surface area contributed by atoms with Crippen LogP contribution in [0.3, 0.4) is 0 Å². The molecule has 26 heavy (non-hydrogen) atoms. The molecule has 1 amide bonds. The van der Waals surface area contributed by atoms with Gasteiger partial charge in [0.05, 0.1) is 19.8 Å². The van der Waals surface area contributed by atoms with Crippen molar-refractivity contribution in [2.24, 2.45) is 0 Å². The lowest BCUT2D eigenvalue weighted by molar-refractivity contribution is -0.114. The van der Waals surface area contributed by atoms with E-state index in [-0.39, 0.29) is 12.0 Å². The van der Waals surface area contributed by atoms with E-state index >= 15 is 0 Å². The highest BCUT2D eigenvalue weighted by Crippen LogP contribution is 2.23. The highest BCUT2D eigenvalue weighted by Gasteiger charge is 2.22. The van der Waals surface area contributed by atoms with Gasteiger partial charge in [-0.25, -0.2) is 9.97 Å². The second kappa shape index (κ2) is 8.57. The number of amides is 1. The van der Waals surface area contributed by atoms with E-state index in [1.54, 1.807) is 13.3 Å². The van der Waals surface area contributed by atoms with E-state index in [9.17, 15) is 4.79 Å². The normalized spacial score (nSPS) is 17.9. The number of nitrogens with zero attached hydrogens (tertiary/aromatic N) is 3. The average molecular weight is 376 g/mol. The summed E-state index contributed by atoms with van der Waals surface area (Å²) in [6, 6.07) is 2.03. The van der Waals surface area contributed by atoms with Crippen molar-refractivity contribution in [2.45, 2.75) is 32.9 Å². The number of carbonyl (C=O) groups is 1. The summed E-state index contributed by atoms with van der Waals surface area (Å²) in [4.78, 5) is 23.1. The van der Waals surface area contributed by atoms with Crippen molar-refractivity contribution in [3.05, 3.63) is 34.5 Å². The van der Waals surface area contributed by atoms with Crippen molar-refractivity contribution in [3.8, 4) is 5.88 Å². The topological polar surface area (TPSA) is 76.6 Å². The maximum Gasteiger partial charge on any atom is 0.223 e. The average Bonchev–Trinajstić information content (AvgIpc) is 3.03. The smallest absolute Gasteiger partial charge is 0.223 e. The molecule has 8 heteroatoms. The first kappa shape index (κ1) is 18.8. The summed E-state index contributed by atoms with van der Waals surface area (Å²) < 4.78 is 11.3. The van der Waals surface area contributed by atoms with Crippen LogP contribution in [-0.2, 0) is 22.5 Å². The molecule has 0 saturated carbocycles. The van der Waals surface area contributed by atoms with Crippen molar-refractivity contribution in [2.75, 3.05) is 32.1 Å². The Morgan fingerprint density at radius 2 is 2.35 bits per heavy atom. The number of methoxy groups -OCH3 is 1. The number of hydrogen-bond acceptors (Lipinski definition) is 7. The Kier molecular flexibility index (Phi) is 6.18. The van der Waals surface area contributed by atoms with E-state index in [4.69, 9.17) is 9.47 Å². The number of anilines is 1. The Bertz CT molecular complexity index is 765. The van der Waals surface area contributed by atoms with Gasteiger partial charge in [-0.3, -0.25) is 9.69 Å². The van der Waals surface area contributed by atoms with Crippen LogP contribution in [0.1, 0.15) is 22.9 Å². The van der Waals surface area contributed by atoms with E-state index in [0.29, 0.717) is 17.6 Å². The third-order valence-corrected chi connectivity index (χ3v) is 5.25. The highest BCUT2D eigenvalue weighted by atomic mass is 32.1. The number of rotatable bonds is 6. The van der Waals surface area contributed by atoms with Gasteiger partial charge < -0.3 is 14.8 Å². The lowest BCUT2D eigenvalue weighted by Crippen LogP contribution is -2.42. The van der Waals surface area contributed by atoms with Crippen molar-refractivity contribution >= 4 is 22.4 Å². The van der Waals surface area contributed by atoms with Gasteiger partial charge in [0.1, 0.15) is 0 Å². The summed E-state index contributed by atoms with van der Waals surface area (Å²) in [6.07, 6.45) is 4.58. The molecule has 1 fully saturated rings. The monoisotopic (exact) mass is 376 g/mol. The summed E-state index contributed by atoms with van der Waals surface area (Å²) in [7, 11) is 1.64. The third-order valence-electron chi connectivity index (χ3n) is 4.35. The predicted octanol–water partition coefficient (Wildman–Crippen LogP) is 2.26. The molecule has 1 atom stereocenters. The van der Waals surface area contributed by atoms with Crippen LogP contribution < -0.4 is 10.1 Å². The first-order chi connectivity index (χ1) is 12.5. The lowest BCUT2D eigenvalue weighted by atomic mass is 10.0. The zero-order valence-corrected chi connectivity index (χ0v) is 16.1. The molecular formula is C18H24N4O3S. The first-order valence-electron chi connectivity index (χ1n) is 8.60. The van der Waals surface area contributed by atoms with Gasteiger partial charge in [0.15, 0.2) is 5.13 Å². The van der Waals surface area contributed by atoms with E-state index in [1.807, 2.05) is 19.2 Å². The van der Waals surface area contributed by atoms with E-state index in [0.717, 1.165) is 36.5 Å². The summed E-state index contributed by atoms with van der Waals surface area (Å²) in [6.45, 7) is 6.80. The van der Waals surface area contributed by atoms with Crippen LogP contribution in [0.15, 0.2) is 18.5 Å². The molecule has 140 valence electrons. The Balaban J connectivity index is 1.59. The largest absolute Gasteiger partial charge is 0.481 e. The Labute approximate surface area is 157 Å². The molecule has 1 N–H and O–H groups in total. The fraction of sp³-hybridized carbons (Fsp3) is 0.500. The molecule has 7 nitrogen and oxygen atoms in total. The summed E-state index contributed by atoms with van der Waals surface area (Å²) >= 11 is 1.52. The van der Waals surface area contributed by atoms with Gasteiger partial charge in [-0.2, -0.15) is 0 Å². The zero-order valence-electron chi connectivity index (χ0n) is 15.3. The quantitative estimate of drug-likeness (QED) is 0.833. The number of hydrogen-bond donors (Lipinski definition) is 1. The molecule has 3 rings (SSSR count). The predicted molar refractivity (Wildman–Crippen MR) is 101 cm³/mol. The molecule has 0 spiro atoms. The van der Waals surface area contributed by atoms with E-state index in [1.165, 1.54) is 23.8 Å². The number of nitrogens with one attached hydrogen (secondary N) is 1. The molecule has 2 aromatic heterocycles. The third kappa shape index (κ3) is 4.78. The van der Waals surface area contributed by atoms with Crippen LogP contribution in [0, 0.1) is 6.92 Å². The maximum absolute atomic E-state index is 11.1. The Morgan fingerprint density at radius 3 is 3.12 bits per heavy atom. The number of aromatic nitrogens is 2. The van der Waals surface area contributed by atoms with Gasteiger partial charge in [0.25, 0.3) is 0 Å². The molecule has 2 aromatic rings. The number of pyridine rings is 1. The second-order valence-corrected chi connectivity index (χ2v) is 7.46. The van der Waals surface area contributed by atoms with Crippen LogP contribution in [0.25, 0.3) is 0 Å². The molecule has 3 heterocycles. The Hall–Kier alpha value is -2.03. The van der Waals surface area contributed by atoms with Gasteiger partial charge >= 0.3 is 0 Å². The number of ether oxygens (including phenoxy) is 2. The minimum absolute atomic E-state index is 0.0968. The van der Waals surface area contributed by atoms with Crippen LogP contribution in [0.4, 0.5) is 5.13 Å². The van der Waals surface area contributed by atoms with Gasteiger partial charge in [0.2, 0.25) is 11.8 Å². The molecule has 0 radical (unpaired) electrons. The van der Waals surface area contributed by atoms with Crippen molar-refractivity contribution in [1.29, 1.82) is 0 Å². The highest BCUT2D eigenvalue weighted by molar-refractivity contribution is 7.15. The Morgan fingerprint density at radius 1 is 1.50 bits per heavy atom. The van der Waals surface area contributed by atoms with Crippen LogP contribution >= 0.6 is 11.3 Å². The molecule has 0 aromatic carbocycles. The fourth-order valence-corrected chi connectivity index (χ4v) is 3.98. The van der Waals surface area contributed by atoms with E-state index < -0.39 is 0 Å². The molecular weight excluding hydrogens is 352 g/mol. The molecule has 0 aliphatic carbocycles. The van der Waals surface area contributed by atoms with Crippen LogP contribution in [0.5, 0.6) is 5.88 Å². The van der Waals surface area contributed by atoms with Crippen LogP contribution in [-0.4, -0.2) is 53.7 Å². The minimum Gasteiger partial charge on any atom is -0.481 e. The minimum atomic E-state index is -0.0968. The number of morpholine rings is 1. The molecule has 1 aliphatic heterocycles. The SMILES string of the molecule is COc1nccc(CC2CN(Cc3cnc(NC(C)=O)s3)CCO2)c1C. The summed E-state index contributed by atoms with van der Waals surface area (Å²) in [5.74, 6) is 0.575. The molecule has 0 bridgehead atoms. The summed E-state index contributed by atoms with van der Waals surface area (Å²) in [5.41, 5.74) is 2.27. The summed E-state index contributed by atoms with van der Waals surface area (Å²) in [5, 5.41) is 3.38. The van der Waals surface area contributed by atoms with Gasteiger partial charge in [-0.05, 0) is 18.6 Å². The van der Waals surface area contributed by atoms with E-state index in [2.05, 4.69) is 20.2 Å². The zero-order chi connectivity index (χ0) is 18.5. The van der Waals surface area contributed by atoms with Crippen molar-refractivity contribution in [1.82, 2.24) is 14.9 Å².